The smallest absolute Gasteiger partial charge is 0.162 e. The molecule has 0 bridgehead atoms. The summed E-state index contributed by atoms with van der Waals surface area (Å²) >= 11 is 0. The number of methoxy groups -OCH3 is 2. The van der Waals surface area contributed by atoms with Gasteiger partial charge in [0.15, 0.2) is 5.79 Å². The van der Waals surface area contributed by atoms with Crippen LogP contribution in [0.25, 0.3) is 0 Å². The number of aliphatic hydroxyl groups is 2. The van der Waals surface area contributed by atoms with Crippen molar-refractivity contribution in [1.29, 1.82) is 0 Å². The van der Waals surface area contributed by atoms with Crippen LogP contribution in [0.4, 0.5) is 0 Å². The van der Waals surface area contributed by atoms with Gasteiger partial charge in [0.25, 0.3) is 0 Å². The normalized spacial score (nSPS) is 15.0. The fourth-order valence-electron chi connectivity index (χ4n) is 0.937. The van der Waals surface area contributed by atoms with E-state index in [9.17, 15) is 0 Å². The van der Waals surface area contributed by atoms with Crippen molar-refractivity contribution in [3.05, 3.63) is 0 Å². The van der Waals surface area contributed by atoms with Crippen LogP contribution in [0.15, 0.2) is 0 Å². The molecule has 0 aromatic carbocycles. The maximum atomic E-state index is 9.10. The topological polar surface area (TPSA) is 58.9 Å². The van der Waals surface area contributed by atoms with Gasteiger partial charge in [0, 0.05) is 27.2 Å². The zero-order chi connectivity index (χ0) is 13.2. The fraction of sp³-hybridized carbons (Fsp3) is 1.00. The lowest BCUT2D eigenvalue weighted by molar-refractivity contribution is -0.174. The third-order valence-corrected chi connectivity index (χ3v) is 2.42. The van der Waals surface area contributed by atoms with Crippen molar-refractivity contribution < 1.29 is 19.7 Å². The van der Waals surface area contributed by atoms with Gasteiger partial charge in [-0.25, -0.2) is 0 Å². The van der Waals surface area contributed by atoms with Gasteiger partial charge in [-0.05, 0) is 27.2 Å². The van der Waals surface area contributed by atoms with Crippen LogP contribution in [0.2, 0.25) is 0 Å². The Hall–Kier alpha value is -0.160. The molecule has 100 valence electrons. The zero-order valence-electron chi connectivity index (χ0n) is 11.5. The van der Waals surface area contributed by atoms with Crippen molar-refractivity contribution in [3.63, 3.8) is 0 Å². The predicted octanol–water partition coefficient (Wildman–Crippen LogP) is 1.94. The first-order chi connectivity index (χ1) is 7.24. The second-order valence-electron chi connectivity index (χ2n) is 4.57. The standard InChI is InChI=1S/2C6H14O2/c1-6(2,8-3)4-5-7;1-4-5-6(2,7)8-3/h2*7H,4-5H2,1-3H3. The molecule has 0 amide bonds. The molecule has 0 saturated carbocycles. The average molecular weight is 236 g/mol. The van der Waals surface area contributed by atoms with Gasteiger partial charge in [-0.3, -0.25) is 0 Å². The van der Waals surface area contributed by atoms with Gasteiger partial charge >= 0.3 is 0 Å². The molecule has 0 spiro atoms. The highest BCUT2D eigenvalue weighted by atomic mass is 16.6. The van der Waals surface area contributed by atoms with E-state index in [1.54, 1.807) is 14.0 Å². The van der Waals surface area contributed by atoms with Crippen LogP contribution in [-0.2, 0) is 9.47 Å². The molecule has 0 rings (SSSR count). The second-order valence-corrected chi connectivity index (χ2v) is 4.57. The molecule has 4 heteroatoms. The molecule has 0 aromatic rings. The number of aliphatic hydroxyl groups excluding tert-OH is 1. The van der Waals surface area contributed by atoms with Crippen LogP contribution in [0.3, 0.4) is 0 Å². The summed E-state index contributed by atoms with van der Waals surface area (Å²) in [5.41, 5.74) is -0.158. The lowest BCUT2D eigenvalue weighted by Gasteiger charge is -2.20. The highest BCUT2D eigenvalue weighted by Crippen LogP contribution is 2.11. The number of hydrogen-bond acceptors (Lipinski definition) is 4. The van der Waals surface area contributed by atoms with Crippen molar-refractivity contribution in [3.8, 4) is 0 Å². The molecular weight excluding hydrogens is 208 g/mol. The summed E-state index contributed by atoms with van der Waals surface area (Å²) in [5.74, 6) is -0.908. The molecule has 0 heterocycles. The summed E-state index contributed by atoms with van der Waals surface area (Å²) < 4.78 is 9.75. The van der Waals surface area contributed by atoms with Crippen molar-refractivity contribution in [2.45, 2.75) is 58.3 Å². The van der Waals surface area contributed by atoms with Crippen LogP contribution < -0.4 is 0 Å². The minimum Gasteiger partial charge on any atom is -0.396 e. The Bertz CT molecular complexity index is 137. The molecular formula is C12H28O4. The maximum absolute atomic E-state index is 9.10. The SMILES string of the molecule is CCCC(C)(O)OC.COC(C)(C)CCO. The van der Waals surface area contributed by atoms with Gasteiger partial charge in [0.1, 0.15) is 0 Å². The minimum atomic E-state index is -0.908. The molecule has 0 fully saturated rings. The van der Waals surface area contributed by atoms with Gasteiger partial charge in [-0.1, -0.05) is 13.3 Å². The lowest BCUT2D eigenvalue weighted by atomic mass is 10.1. The second kappa shape index (κ2) is 8.93. The molecule has 0 aromatic heterocycles. The van der Waals surface area contributed by atoms with E-state index >= 15 is 0 Å². The minimum absolute atomic E-state index is 0.158. The van der Waals surface area contributed by atoms with E-state index in [1.807, 2.05) is 20.8 Å². The van der Waals surface area contributed by atoms with Gasteiger partial charge < -0.3 is 19.7 Å². The molecule has 2 N–H and O–H groups in total. The van der Waals surface area contributed by atoms with Gasteiger partial charge in [-0.2, -0.15) is 0 Å². The Balaban J connectivity index is 0. The highest BCUT2D eigenvalue weighted by molar-refractivity contribution is 4.65. The van der Waals surface area contributed by atoms with Gasteiger partial charge in [0.2, 0.25) is 0 Å². The van der Waals surface area contributed by atoms with Gasteiger partial charge in [-0.15, -0.1) is 0 Å². The molecule has 1 unspecified atom stereocenters. The fourth-order valence-corrected chi connectivity index (χ4v) is 0.937. The number of rotatable bonds is 6. The average Bonchev–Trinajstić information content (AvgIpc) is 2.19. The van der Waals surface area contributed by atoms with E-state index in [0.717, 1.165) is 6.42 Å². The van der Waals surface area contributed by atoms with E-state index in [4.69, 9.17) is 19.7 Å². The van der Waals surface area contributed by atoms with Crippen molar-refractivity contribution in [2.24, 2.45) is 0 Å². The molecule has 1 atom stereocenters. The third-order valence-electron chi connectivity index (χ3n) is 2.42. The van der Waals surface area contributed by atoms with Crippen LogP contribution in [0.5, 0.6) is 0 Å². The molecule has 4 nitrogen and oxygen atoms in total. The molecule has 0 radical (unpaired) electrons. The first kappa shape index (κ1) is 18.2. The predicted molar refractivity (Wildman–Crippen MR) is 65.3 cm³/mol. The Labute approximate surface area is 99.6 Å². The van der Waals surface area contributed by atoms with E-state index in [0.29, 0.717) is 12.8 Å². The van der Waals surface area contributed by atoms with Gasteiger partial charge in [0.05, 0.1) is 5.60 Å². The summed E-state index contributed by atoms with van der Waals surface area (Å²) in [6.07, 6.45) is 2.34. The molecule has 0 saturated heterocycles. The monoisotopic (exact) mass is 236 g/mol. The Kier molecular flexibility index (Phi) is 10.2. The van der Waals surface area contributed by atoms with E-state index in [1.165, 1.54) is 7.11 Å². The summed E-state index contributed by atoms with van der Waals surface area (Å²) in [7, 11) is 3.16. The molecule has 0 aliphatic heterocycles. The van der Waals surface area contributed by atoms with E-state index < -0.39 is 5.79 Å². The zero-order valence-corrected chi connectivity index (χ0v) is 11.5. The Morgan fingerprint density at radius 2 is 1.50 bits per heavy atom. The van der Waals surface area contributed by atoms with E-state index in [2.05, 4.69) is 0 Å². The van der Waals surface area contributed by atoms with Crippen LogP contribution >= 0.6 is 0 Å². The Morgan fingerprint density at radius 3 is 1.62 bits per heavy atom. The summed E-state index contributed by atoms with van der Waals surface area (Å²) in [6, 6.07) is 0. The van der Waals surface area contributed by atoms with Crippen LogP contribution in [0.1, 0.15) is 47.0 Å². The summed E-state index contributed by atoms with van der Waals surface area (Å²) in [5, 5.41) is 17.6. The third kappa shape index (κ3) is 11.9. The first-order valence-electron chi connectivity index (χ1n) is 5.68. The summed E-state index contributed by atoms with van der Waals surface area (Å²) in [6.45, 7) is 7.76. The number of ether oxygens (including phenoxy) is 2. The quantitative estimate of drug-likeness (QED) is 0.692. The van der Waals surface area contributed by atoms with Crippen molar-refractivity contribution in [2.75, 3.05) is 20.8 Å². The van der Waals surface area contributed by atoms with E-state index in [-0.39, 0.29) is 12.2 Å². The lowest BCUT2D eigenvalue weighted by Crippen LogP contribution is -2.25. The number of hydrogen-bond donors (Lipinski definition) is 2. The largest absolute Gasteiger partial charge is 0.396 e. The molecule has 0 aliphatic carbocycles. The molecule has 0 aliphatic rings. The molecule has 16 heavy (non-hydrogen) atoms. The summed E-state index contributed by atoms with van der Waals surface area (Å²) in [4.78, 5) is 0. The maximum Gasteiger partial charge on any atom is 0.162 e. The van der Waals surface area contributed by atoms with Crippen LogP contribution in [0, 0.1) is 0 Å². The van der Waals surface area contributed by atoms with Crippen molar-refractivity contribution >= 4 is 0 Å². The highest BCUT2D eigenvalue weighted by Gasteiger charge is 2.15. The first-order valence-corrected chi connectivity index (χ1v) is 5.68. The van der Waals surface area contributed by atoms with Crippen LogP contribution in [-0.4, -0.2) is 42.4 Å². The Morgan fingerprint density at radius 1 is 1.00 bits per heavy atom. The van der Waals surface area contributed by atoms with Crippen molar-refractivity contribution in [1.82, 2.24) is 0 Å².